The molecule has 9 heteroatoms. The summed E-state index contributed by atoms with van der Waals surface area (Å²) in [5.74, 6) is 1.23. The first-order valence-corrected chi connectivity index (χ1v) is 11.1. The Morgan fingerprint density at radius 1 is 1.00 bits per heavy atom. The normalized spacial score (nSPS) is 15.8. The Morgan fingerprint density at radius 2 is 1.82 bits per heavy atom. The third-order valence-electron chi connectivity index (χ3n) is 6.06. The molecular weight excluding hydrogens is 426 g/mol. The van der Waals surface area contributed by atoms with Gasteiger partial charge in [0.2, 0.25) is 6.79 Å². The fourth-order valence-corrected chi connectivity index (χ4v) is 4.23. The number of ketones is 1. The highest BCUT2D eigenvalue weighted by Crippen LogP contribution is 2.32. The molecule has 0 spiro atoms. The van der Waals surface area contributed by atoms with Gasteiger partial charge in [-0.1, -0.05) is 12.1 Å². The average molecular weight is 451 g/mol. The van der Waals surface area contributed by atoms with Crippen LogP contribution >= 0.6 is 0 Å². The van der Waals surface area contributed by atoms with Crippen molar-refractivity contribution in [3.63, 3.8) is 0 Å². The minimum atomic E-state index is -0.526. The molecule has 2 aliphatic heterocycles. The van der Waals surface area contributed by atoms with Gasteiger partial charge < -0.3 is 19.2 Å². The number of carbonyl (C=O) groups excluding carboxylic acids is 1. The number of nitrogens with zero attached hydrogens (tertiary/aromatic N) is 2. The monoisotopic (exact) mass is 451 g/mol. The highest BCUT2D eigenvalue weighted by molar-refractivity contribution is 5.99. The smallest absolute Gasteiger partial charge is 0.329 e. The first-order valence-electron chi connectivity index (χ1n) is 11.1. The second-order valence-electron chi connectivity index (χ2n) is 8.25. The van der Waals surface area contributed by atoms with Crippen molar-refractivity contribution < 1.29 is 19.0 Å². The maximum absolute atomic E-state index is 13.0. The van der Waals surface area contributed by atoms with Crippen LogP contribution in [0, 0.1) is 0 Å². The molecule has 2 aliphatic rings. The molecule has 3 heterocycles. The van der Waals surface area contributed by atoms with Gasteiger partial charge in [0, 0.05) is 25.1 Å². The van der Waals surface area contributed by atoms with Gasteiger partial charge >= 0.3 is 5.69 Å². The van der Waals surface area contributed by atoms with Crippen LogP contribution in [0.5, 0.6) is 11.5 Å². The zero-order chi connectivity index (χ0) is 22.8. The molecule has 1 fully saturated rings. The van der Waals surface area contributed by atoms with Crippen molar-refractivity contribution >= 4 is 16.7 Å². The highest BCUT2D eigenvalue weighted by atomic mass is 16.7. The van der Waals surface area contributed by atoms with Crippen molar-refractivity contribution in [1.82, 2.24) is 14.5 Å². The van der Waals surface area contributed by atoms with E-state index in [-0.39, 0.29) is 19.1 Å². The fraction of sp³-hybridized carbons (Fsp3) is 0.375. The van der Waals surface area contributed by atoms with Gasteiger partial charge in [-0.3, -0.25) is 19.1 Å². The molecule has 1 N–H and O–H groups in total. The van der Waals surface area contributed by atoms with E-state index in [0.29, 0.717) is 34.4 Å². The van der Waals surface area contributed by atoms with Crippen LogP contribution in [-0.2, 0) is 11.3 Å². The van der Waals surface area contributed by atoms with Gasteiger partial charge in [-0.25, -0.2) is 4.79 Å². The molecule has 0 aliphatic carbocycles. The molecule has 172 valence electrons. The maximum atomic E-state index is 13.0. The number of hydrogen-bond acceptors (Lipinski definition) is 7. The summed E-state index contributed by atoms with van der Waals surface area (Å²) in [6.45, 7) is 4.36. The number of rotatable bonds is 7. The fourth-order valence-electron chi connectivity index (χ4n) is 4.23. The van der Waals surface area contributed by atoms with E-state index in [1.54, 1.807) is 36.4 Å². The van der Waals surface area contributed by atoms with Gasteiger partial charge in [0.05, 0.1) is 30.7 Å². The number of Topliss-reactive ketones (excluding diaryl/α,β-unsaturated/α-hetero) is 1. The van der Waals surface area contributed by atoms with Crippen molar-refractivity contribution in [2.45, 2.75) is 19.4 Å². The molecule has 1 saturated heterocycles. The molecule has 0 amide bonds. The molecule has 0 saturated carbocycles. The zero-order valence-corrected chi connectivity index (χ0v) is 18.2. The van der Waals surface area contributed by atoms with Gasteiger partial charge in [-0.05, 0) is 42.8 Å². The van der Waals surface area contributed by atoms with Gasteiger partial charge in [0.1, 0.15) is 0 Å². The Hall–Kier alpha value is -3.43. The lowest BCUT2D eigenvalue weighted by atomic mass is 10.0. The molecule has 3 aromatic rings. The third-order valence-corrected chi connectivity index (χ3v) is 6.06. The number of carbonyl (C=O) groups is 1. The van der Waals surface area contributed by atoms with Crippen LogP contribution in [0.25, 0.3) is 10.9 Å². The first kappa shape index (κ1) is 21.4. The summed E-state index contributed by atoms with van der Waals surface area (Å²) in [6.07, 6.45) is 1.17. The summed E-state index contributed by atoms with van der Waals surface area (Å²) in [7, 11) is 0. The predicted molar refractivity (Wildman–Crippen MR) is 121 cm³/mol. The van der Waals surface area contributed by atoms with Crippen LogP contribution < -0.4 is 20.7 Å². The minimum absolute atomic E-state index is 0.00412. The van der Waals surface area contributed by atoms with Crippen molar-refractivity contribution in [1.29, 1.82) is 0 Å². The van der Waals surface area contributed by atoms with E-state index < -0.39 is 11.2 Å². The molecular formula is C24H25N3O6. The van der Waals surface area contributed by atoms with Crippen LogP contribution in [0.1, 0.15) is 28.8 Å². The molecule has 1 aromatic heterocycles. The standard InChI is InChI=1S/C24H25N3O6/c28-20(2-1-7-26-8-10-31-11-9-26)17-4-5-18-19(13-17)25-24(30)27(23(18)29)14-16-3-6-21-22(12-16)33-15-32-21/h3-6,12-13H,1-2,7-11,14-15H2,(H,25,30). The second-order valence-corrected chi connectivity index (χ2v) is 8.25. The first-order chi connectivity index (χ1) is 16.1. The molecule has 0 radical (unpaired) electrons. The lowest BCUT2D eigenvalue weighted by Crippen LogP contribution is -2.37. The van der Waals surface area contributed by atoms with Crippen LogP contribution in [0.3, 0.4) is 0 Å². The van der Waals surface area contributed by atoms with E-state index >= 15 is 0 Å². The van der Waals surface area contributed by atoms with Crippen molar-refractivity contribution in [3.8, 4) is 11.5 Å². The summed E-state index contributed by atoms with van der Waals surface area (Å²) in [5, 5.41) is 0.361. The Labute approximate surface area is 189 Å². The molecule has 2 aromatic carbocycles. The van der Waals surface area contributed by atoms with Crippen molar-refractivity contribution in [2.75, 3.05) is 39.6 Å². The minimum Gasteiger partial charge on any atom is -0.454 e. The van der Waals surface area contributed by atoms with E-state index in [1.807, 2.05) is 0 Å². The second kappa shape index (κ2) is 9.21. The van der Waals surface area contributed by atoms with Gasteiger partial charge in [-0.2, -0.15) is 0 Å². The van der Waals surface area contributed by atoms with E-state index in [4.69, 9.17) is 14.2 Å². The summed E-state index contributed by atoms with van der Waals surface area (Å²) in [5.41, 5.74) is 0.678. The SMILES string of the molecule is O=C(CCCN1CCOCC1)c1ccc2c(=O)n(Cc3ccc4c(c3)OCO4)c(=O)[nH]c2c1. The van der Waals surface area contributed by atoms with E-state index in [2.05, 4.69) is 9.88 Å². The maximum Gasteiger partial charge on any atom is 0.329 e. The molecule has 0 bridgehead atoms. The number of morpholine rings is 1. The molecule has 9 nitrogen and oxygen atoms in total. The van der Waals surface area contributed by atoms with Gasteiger partial charge in [0.15, 0.2) is 17.3 Å². The Bertz CT molecular complexity index is 1310. The third kappa shape index (κ3) is 4.55. The summed E-state index contributed by atoms with van der Waals surface area (Å²) in [4.78, 5) is 43.4. The van der Waals surface area contributed by atoms with Crippen molar-refractivity contribution in [2.24, 2.45) is 0 Å². The van der Waals surface area contributed by atoms with E-state index in [1.165, 1.54) is 0 Å². The largest absolute Gasteiger partial charge is 0.454 e. The molecule has 0 unspecified atom stereocenters. The number of ether oxygens (including phenoxy) is 3. The number of H-pyrrole nitrogens is 1. The lowest BCUT2D eigenvalue weighted by molar-refractivity contribution is 0.0371. The highest BCUT2D eigenvalue weighted by Gasteiger charge is 2.16. The van der Waals surface area contributed by atoms with Crippen LogP contribution in [0.4, 0.5) is 0 Å². The van der Waals surface area contributed by atoms with Crippen LogP contribution in [-0.4, -0.2) is 59.9 Å². The average Bonchev–Trinajstić information content (AvgIpc) is 3.30. The molecule has 0 atom stereocenters. The topological polar surface area (TPSA) is 103 Å². The Kier molecular flexibility index (Phi) is 5.97. The number of hydrogen-bond donors (Lipinski definition) is 1. The zero-order valence-electron chi connectivity index (χ0n) is 18.2. The Morgan fingerprint density at radius 3 is 2.67 bits per heavy atom. The number of fused-ring (bicyclic) bond motifs is 2. The van der Waals surface area contributed by atoms with Gasteiger partial charge in [0.25, 0.3) is 5.56 Å². The van der Waals surface area contributed by atoms with E-state index in [0.717, 1.165) is 49.4 Å². The Balaban J connectivity index is 1.32. The number of nitrogens with one attached hydrogen (secondary N) is 1. The molecule has 5 rings (SSSR count). The van der Waals surface area contributed by atoms with Gasteiger partial charge in [-0.15, -0.1) is 0 Å². The number of benzene rings is 2. The lowest BCUT2D eigenvalue weighted by Gasteiger charge is -2.26. The predicted octanol–water partition coefficient (Wildman–Crippen LogP) is 1.76. The summed E-state index contributed by atoms with van der Waals surface area (Å²) in [6, 6.07) is 10.2. The summed E-state index contributed by atoms with van der Waals surface area (Å²) >= 11 is 0. The number of aromatic nitrogens is 2. The van der Waals surface area contributed by atoms with Crippen LogP contribution in [0.15, 0.2) is 46.0 Å². The van der Waals surface area contributed by atoms with Crippen LogP contribution in [0.2, 0.25) is 0 Å². The van der Waals surface area contributed by atoms with Crippen molar-refractivity contribution in [3.05, 3.63) is 68.4 Å². The summed E-state index contributed by atoms with van der Waals surface area (Å²) < 4.78 is 17.2. The quantitative estimate of drug-likeness (QED) is 0.546. The van der Waals surface area contributed by atoms with E-state index in [9.17, 15) is 14.4 Å². The number of aromatic amines is 1. The molecule has 33 heavy (non-hydrogen) atoms.